The van der Waals surface area contributed by atoms with E-state index in [9.17, 15) is 19.2 Å². The van der Waals surface area contributed by atoms with Crippen molar-refractivity contribution in [3.63, 3.8) is 0 Å². The average molecular weight is 202 g/mol. The summed E-state index contributed by atoms with van der Waals surface area (Å²) in [6.07, 6.45) is 0. The minimum atomic E-state index is -1.15. The summed E-state index contributed by atoms with van der Waals surface area (Å²) in [7, 11) is 0. The Kier molecular flexibility index (Phi) is 2.37. The van der Waals surface area contributed by atoms with Gasteiger partial charge in [0.2, 0.25) is 0 Å². The number of likely N-dealkylation sites (N-methyl/N-ethyl adjacent to an activating group) is 1. The van der Waals surface area contributed by atoms with Gasteiger partial charge in [-0.2, -0.15) is 4.90 Å². The molecule has 7 heteroatoms. The normalized spacial score (nSPS) is 17.2. The Bertz CT molecular complexity index is 314. The predicted octanol–water partition coefficient (Wildman–Crippen LogP) is -0.153. The topological polar surface area (TPSA) is 74.8 Å². The van der Waals surface area contributed by atoms with Gasteiger partial charge >= 0.3 is 17.8 Å². The van der Waals surface area contributed by atoms with Crippen molar-refractivity contribution in [2.45, 2.75) is 6.92 Å². The Hall–Kier alpha value is -1.37. The monoisotopic (exact) mass is 202 g/mol. The summed E-state index contributed by atoms with van der Waals surface area (Å²) in [6, 6.07) is -0.933. The van der Waals surface area contributed by atoms with Crippen LogP contribution in [0.15, 0.2) is 0 Å². The minimum absolute atomic E-state index is 0.0565. The smallest absolute Gasteiger partial charge is 0.263 e. The highest BCUT2D eigenvalue weighted by Gasteiger charge is 2.46. The molecule has 0 bridgehead atoms. The Labute approximate surface area is 78.9 Å². The molecule has 5 amide bonds. The Morgan fingerprint density at radius 2 is 1.85 bits per heavy atom. The van der Waals surface area contributed by atoms with Gasteiger partial charge in [0.05, 0.1) is 0 Å². The number of hydrogen-bond acceptors (Lipinski definition) is 4. The molecule has 1 heterocycles. The molecule has 0 atom stereocenters. The third-order valence-corrected chi connectivity index (χ3v) is 1.76. The largest absolute Gasteiger partial charge is 0.341 e. The van der Waals surface area contributed by atoms with Crippen LogP contribution >= 0.6 is 12.6 Å². The van der Waals surface area contributed by atoms with Crippen LogP contribution in [0.1, 0.15) is 6.92 Å². The van der Waals surface area contributed by atoms with Crippen molar-refractivity contribution >= 4 is 35.7 Å². The van der Waals surface area contributed by atoms with E-state index in [1.165, 1.54) is 6.92 Å². The number of rotatable bonds is 1. The van der Waals surface area contributed by atoms with Gasteiger partial charge in [0, 0.05) is 6.54 Å². The van der Waals surface area contributed by atoms with Crippen molar-refractivity contribution in [1.82, 2.24) is 9.80 Å². The predicted molar refractivity (Wildman–Crippen MR) is 44.0 cm³/mol. The Balaban J connectivity index is 3.05. The number of urea groups is 1. The molecule has 0 aromatic heterocycles. The number of imide groups is 4. The zero-order chi connectivity index (χ0) is 10.2. The lowest BCUT2D eigenvalue weighted by Crippen LogP contribution is -2.34. The van der Waals surface area contributed by atoms with Crippen LogP contribution in [-0.2, 0) is 9.59 Å². The van der Waals surface area contributed by atoms with Crippen LogP contribution in [0, 0.1) is 0 Å². The van der Waals surface area contributed by atoms with E-state index in [1.54, 1.807) is 0 Å². The zero-order valence-electron chi connectivity index (χ0n) is 6.68. The molecule has 6 nitrogen and oxygen atoms in total. The summed E-state index contributed by atoms with van der Waals surface area (Å²) in [4.78, 5) is 44.6. The second-order valence-electron chi connectivity index (χ2n) is 2.26. The van der Waals surface area contributed by atoms with E-state index in [4.69, 9.17) is 0 Å². The van der Waals surface area contributed by atoms with Crippen LogP contribution in [0.5, 0.6) is 0 Å². The molecule has 0 aromatic carbocycles. The average Bonchev–Trinajstić information content (AvgIpc) is 2.24. The van der Waals surface area contributed by atoms with Crippen LogP contribution < -0.4 is 0 Å². The molecule has 0 aliphatic carbocycles. The lowest BCUT2D eigenvalue weighted by atomic mass is 10.5. The van der Waals surface area contributed by atoms with Crippen molar-refractivity contribution in [1.29, 1.82) is 0 Å². The fourth-order valence-corrected chi connectivity index (χ4v) is 1.13. The van der Waals surface area contributed by atoms with Gasteiger partial charge in [0.25, 0.3) is 5.24 Å². The molecule has 1 rings (SSSR count). The van der Waals surface area contributed by atoms with E-state index < -0.39 is 23.1 Å². The standard InChI is InChI=1S/C6H6N2O4S/c1-2-7-3(9)4(10)8(5(7)11)6(12)13/h2H2,1H3,(H,12,13). The molecule has 0 N–H and O–H groups in total. The highest BCUT2D eigenvalue weighted by Crippen LogP contribution is 2.13. The third-order valence-electron chi connectivity index (χ3n) is 1.56. The second kappa shape index (κ2) is 3.17. The van der Waals surface area contributed by atoms with Crippen molar-refractivity contribution in [3.8, 4) is 0 Å². The van der Waals surface area contributed by atoms with Crippen LogP contribution in [0.3, 0.4) is 0 Å². The molecule has 1 saturated heterocycles. The fraction of sp³-hybridized carbons (Fsp3) is 0.333. The molecule has 0 aromatic rings. The lowest BCUT2D eigenvalue weighted by Gasteiger charge is -2.09. The van der Waals surface area contributed by atoms with Gasteiger partial charge in [-0.25, -0.2) is 4.79 Å². The van der Waals surface area contributed by atoms with Crippen molar-refractivity contribution in [3.05, 3.63) is 0 Å². The van der Waals surface area contributed by atoms with Crippen LogP contribution in [0.2, 0.25) is 0 Å². The molecule has 70 valence electrons. The minimum Gasteiger partial charge on any atom is -0.263 e. The van der Waals surface area contributed by atoms with E-state index in [1.807, 2.05) is 0 Å². The van der Waals surface area contributed by atoms with Crippen LogP contribution in [-0.4, -0.2) is 39.4 Å². The number of carbonyl (C=O) groups is 4. The van der Waals surface area contributed by atoms with Gasteiger partial charge in [-0.1, -0.05) is 12.6 Å². The highest BCUT2D eigenvalue weighted by molar-refractivity contribution is 7.96. The molecule has 0 radical (unpaired) electrons. The van der Waals surface area contributed by atoms with Crippen molar-refractivity contribution < 1.29 is 19.2 Å². The van der Waals surface area contributed by atoms with Gasteiger partial charge < -0.3 is 0 Å². The Morgan fingerprint density at radius 3 is 2.08 bits per heavy atom. The third kappa shape index (κ3) is 1.31. The first-order valence-corrected chi connectivity index (χ1v) is 3.88. The van der Waals surface area contributed by atoms with Gasteiger partial charge in [-0.15, -0.1) is 0 Å². The van der Waals surface area contributed by atoms with Gasteiger partial charge in [0.1, 0.15) is 0 Å². The molecule has 0 spiro atoms. The summed E-state index contributed by atoms with van der Waals surface area (Å²) < 4.78 is 0. The van der Waals surface area contributed by atoms with Gasteiger partial charge in [0.15, 0.2) is 0 Å². The van der Waals surface area contributed by atoms with E-state index in [0.29, 0.717) is 4.90 Å². The van der Waals surface area contributed by atoms with E-state index in [0.717, 1.165) is 0 Å². The lowest BCUT2D eigenvalue weighted by molar-refractivity contribution is -0.142. The van der Waals surface area contributed by atoms with Crippen molar-refractivity contribution in [2.24, 2.45) is 0 Å². The SMILES string of the molecule is CCN1C(=O)C(=O)N(C(=O)S)C1=O. The molecule has 1 aliphatic heterocycles. The maximum atomic E-state index is 11.1. The molecule has 0 unspecified atom stereocenters. The van der Waals surface area contributed by atoms with Crippen molar-refractivity contribution in [2.75, 3.05) is 6.54 Å². The van der Waals surface area contributed by atoms with Crippen LogP contribution in [0.4, 0.5) is 9.59 Å². The van der Waals surface area contributed by atoms with E-state index in [2.05, 4.69) is 12.6 Å². The number of nitrogens with zero attached hydrogens (tertiary/aromatic N) is 2. The first-order chi connectivity index (χ1) is 6.00. The summed E-state index contributed by atoms with van der Waals surface area (Å²) in [5.74, 6) is -2.14. The molecular weight excluding hydrogens is 196 g/mol. The molecule has 13 heavy (non-hydrogen) atoms. The van der Waals surface area contributed by atoms with Gasteiger partial charge in [-0.05, 0) is 6.92 Å². The quantitative estimate of drug-likeness (QED) is 0.364. The molecular formula is C6H6N2O4S. The summed E-state index contributed by atoms with van der Waals surface area (Å²) in [6.45, 7) is 1.58. The number of carbonyl (C=O) groups excluding carboxylic acids is 4. The summed E-state index contributed by atoms with van der Waals surface area (Å²) in [5.41, 5.74) is 0. The number of thiol groups is 1. The maximum absolute atomic E-state index is 11.1. The van der Waals surface area contributed by atoms with E-state index >= 15 is 0 Å². The second-order valence-corrected chi connectivity index (χ2v) is 2.64. The summed E-state index contributed by atoms with van der Waals surface area (Å²) in [5, 5.41) is -1.04. The molecule has 1 aliphatic rings. The zero-order valence-corrected chi connectivity index (χ0v) is 7.58. The maximum Gasteiger partial charge on any atom is 0.341 e. The summed E-state index contributed by atoms with van der Waals surface area (Å²) >= 11 is 3.30. The fourth-order valence-electron chi connectivity index (χ4n) is 0.953. The molecule has 0 saturated carbocycles. The highest BCUT2D eigenvalue weighted by atomic mass is 32.1. The number of hydrogen-bond donors (Lipinski definition) is 1. The number of amides is 5. The van der Waals surface area contributed by atoms with Gasteiger partial charge in [-0.3, -0.25) is 19.3 Å². The van der Waals surface area contributed by atoms with E-state index in [-0.39, 0.29) is 11.4 Å². The first kappa shape index (κ1) is 9.72. The van der Waals surface area contributed by atoms with Crippen LogP contribution in [0.25, 0.3) is 0 Å². The first-order valence-electron chi connectivity index (χ1n) is 3.43. The Morgan fingerprint density at radius 1 is 1.31 bits per heavy atom. The molecule has 1 fully saturated rings.